The molecular weight excluding hydrogens is 394 g/mol. The second kappa shape index (κ2) is 10.7. The fourth-order valence-electron chi connectivity index (χ4n) is 2.88. The summed E-state index contributed by atoms with van der Waals surface area (Å²) in [5.74, 6) is -10.8. The van der Waals surface area contributed by atoms with E-state index in [9.17, 15) is 31.9 Å². The maximum Gasteiger partial charge on any atom is 0.331 e. The number of esters is 1. The third-order valence-electron chi connectivity index (χ3n) is 4.45. The van der Waals surface area contributed by atoms with Crippen LogP contribution in [0.2, 0.25) is 0 Å². The highest BCUT2D eigenvalue weighted by Gasteiger charge is 2.23. The Labute approximate surface area is 165 Å². The number of ketones is 1. The number of benzene rings is 1. The van der Waals surface area contributed by atoms with Crippen LogP contribution in [0.25, 0.3) is 0 Å². The van der Waals surface area contributed by atoms with Crippen molar-refractivity contribution in [2.45, 2.75) is 51.4 Å². The molecule has 0 aliphatic heterocycles. The third kappa shape index (κ3) is 6.69. The van der Waals surface area contributed by atoms with Crippen molar-refractivity contribution in [1.82, 2.24) is 5.32 Å². The highest BCUT2D eigenvalue weighted by molar-refractivity contribution is 5.97. The van der Waals surface area contributed by atoms with Gasteiger partial charge in [-0.2, -0.15) is 8.78 Å². The zero-order valence-electron chi connectivity index (χ0n) is 15.7. The van der Waals surface area contributed by atoms with Crippen LogP contribution < -0.4 is 10.1 Å². The molecule has 1 amide bonds. The van der Waals surface area contributed by atoms with Crippen LogP contribution in [0.4, 0.5) is 17.6 Å². The number of halogens is 4. The Bertz CT molecular complexity index is 797. The topological polar surface area (TPSA) is 72.5 Å². The lowest BCUT2D eigenvalue weighted by Crippen LogP contribution is -2.32. The van der Waals surface area contributed by atoms with Crippen molar-refractivity contribution in [3.8, 4) is 5.75 Å². The number of Topliss-reactive ketones (excluding diaryl/α,β-unsaturated/α-hetero) is 1. The van der Waals surface area contributed by atoms with Gasteiger partial charge >= 0.3 is 5.97 Å². The fourth-order valence-corrected chi connectivity index (χ4v) is 2.88. The Morgan fingerprint density at radius 2 is 1.59 bits per heavy atom. The Hall–Kier alpha value is -2.71. The van der Waals surface area contributed by atoms with E-state index >= 15 is 0 Å². The van der Waals surface area contributed by atoms with Gasteiger partial charge in [-0.25, -0.2) is 13.6 Å². The van der Waals surface area contributed by atoms with Crippen molar-refractivity contribution >= 4 is 17.7 Å². The summed E-state index contributed by atoms with van der Waals surface area (Å²) >= 11 is 0. The van der Waals surface area contributed by atoms with Crippen LogP contribution in [0.1, 0.15) is 51.4 Å². The average Bonchev–Trinajstić information content (AvgIpc) is 2.66. The molecule has 5 nitrogen and oxygen atoms in total. The maximum absolute atomic E-state index is 13.5. The molecule has 0 unspecified atom stereocenters. The number of allylic oxidation sites excluding steroid dienone is 2. The van der Waals surface area contributed by atoms with E-state index in [-0.39, 0.29) is 24.7 Å². The van der Waals surface area contributed by atoms with Crippen LogP contribution in [0.15, 0.2) is 17.7 Å². The molecule has 1 aliphatic carbocycles. The first-order chi connectivity index (χ1) is 13.8. The molecule has 0 heterocycles. The Balaban J connectivity index is 1.80. The summed E-state index contributed by atoms with van der Waals surface area (Å²) in [5.41, 5.74) is 0.705. The fraction of sp³-hybridized carbons (Fsp3) is 0.450. The number of ether oxygens (including phenoxy) is 1. The zero-order chi connectivity index (χ0) is 21.4. The lowest BCUT2D eigenvalue weighted by molar-refractivity contribution is -0.136. The van der Waals surface area contributed by atoms with Crippen LogP contribution in [0.3, 0.4) is 0 Å². The van der Waals surface area contributed by atoms with Gasteiger partial charge in [0, 0.05) is 18.9 Å². The number of nitrogens with one attached hydrogen (secondary N) is 1. The number of carbonyl (C=O) groups excluding carboxylic acids is 3. The third-order valence-corrected chi connectivity index (χ3v) is 4.45. The van der Waals surface area contributed by atoms with Crippen molar-refractivity contribution < 1.29 is 36.7 Å². The maximum atomic E-state index is 13.5. The molecule has 0 saturated carbocycles. The minimum atomic E-state index is -1.86. The van der Waals surface area contributed by atoms with Crippen LogP contribution >= 0.6 is 0 Å². The predicted octanol–water partition coefficient (Wildman–Crippen LogP) is 3.89. The summed E-state index contributed by atoms with van der Waals surface area (Å²) in [6.45, 7) is -0.785. The van der Waals surface area contributed by atoms with E-state index in [1.165, 1.54) is 0 Å². The minimum Gasteiger partial charge on any atom is -0.419 e. The molecular formula is C20H21F4NO4. The second-order valence-corrected chi connectivity index (χ2v) is 6.65. The van der Waals surface area contributed by atoms with Gasteiger partial charge < -0.3 is 10.1 Å². The summed E-state index contributed by atoms with van der Waals surface area (Å²) in [4.78, 5) is 35.6. The van der Waals surface area contributed by atoms with E-state index in [4.69, 9.17) is 0 Å². The van der Waals surface area contributed by atoms with E-state index in [2.05, 4.69) is 10.1 Å². The SMILES string of the molecule is O=C(CCC(=O)/C1=C/CCCCCC1)NCC(=O)Oc1c(F)c(F)cc(F)c1F. The predicted molar refractivity (Wildman–Crippen MR) is 94.9 cm³/mol. The number of hydrogen-bond donors (Lipinski definition) is 1. The van der Waals surface area contributed by atoms with Gasteiger partial charge in [0.2, 0.25) is 23.3 Å². The molecule has 0 spiro atoms. The lowest BCUT2D eigenvalue weighted by atomic mass is 9.95. The molecule has 1 aromatic carbocycles. The van der Waals surface area contributed by atoms with E-state index in [0.717, 1.165) is 32.1 Å². The minimum absolute atomic E-state index is 0.0216. The first-order valence-electron chi connectivity index (χ1n) is 9.32. The summed E-state index contributed by atoms with van der Waals surface area (Å²) in [5, 5.41) is 2.13. The van der Waals surface area contributed by atoms with Crippen molar-refractivity contribution in [3.05, 3.63) is 41.0 Å². The normalized spacial score (nSPS) is 16.2. The molecule has 0 bridgehead atoms. The number of amides is 1. The summed E-state index contributed by atoms with van der Waals surface area (Å²) < 4.78 is 57.3. The molecule has 9 heteroatoms. The van der Waals surface area contributed by atoms with Crippen LogP contribution in [0.5, 0.6) is 5.75 Å². The largest absolute Gasteiger partial charge is 0.419 e. The van der Waals surface area contributed by atoms with Crippen LogP contribution in [-0.2, 0) is 14.4 Å². The number of rotatable bonds is 7. The summed E-state index contributed by atoms with van der Waals surface area (Å²) in [6, 6.07) is -0.0216. The van der Waals surface area contributed by atoms with E-state index in [1.54, 1.807) is 0 Å². The van der Waals surface area contributed by atoms with Crippen molar-refractivity contribution in [3.63, 3.8) is 0 Å². The Morgan fingerprint density at radius 3 is 2.28 bits per heavy atom. The molecule has 1 aliphatic rings. The molecule has 2 rings (SSSR count). The molecule has 0 saturated heterocycles. The molecule has 0 atom stereocenters. The van der Waals surface area contributed by atoms with Gasteiger partial charge in [0.05, 0.1) is 0 Å². The smallest absolute Gasteiger partial charge is 0.331 e. The van der Waals surface area contributed by atoms with E-state index in [1.807, 2.05) is 6.08 Å². The molecule has 29 heavy (non-hydrogen) atoms. The Kier molecular flexibility index (Phi) is 8.35. The molecule has 158 valence electrons. The molecule has 1 aromatic rings. The molecule has 0 fully saturated rings. The van der Waals surface area contributed by atoms with Crippen molar-refractivity contribution in [2.75, 3.05) is 6.54 Å². The van der Waals surface area contributed by atoms with Crippen molar-refractivity contribution in [2.24, 2.45) is 0 Å². The van der Waals surface area contributed by atoms with E-state index in [0.29, 0.717) is 12.0 Å². The summed E-state index contributed by atoms with van der Waals surface area (Å²) in [6.07, 6.45) is 7.32. The van der Waals surface area contributed by atoms with Gasteiger partial charge in [0.15, 0.2) is 17.4 Å². The first-order valence-corrected chi connectivity index (χ1v) is 9.32. The van der Waals surface area contributed by atoms with Gasteiger partial charge in [-0.1, -0.05) is 18.9 Å². The average molecular weight is 415 g/mol. The number of carbonyl (C=O) groups is 3. The van der Waals surface area contributed by atoms with Gasteiger partial charge in [0.1, 0.15) is 6.54 Å². The van der Waals surface area contributed by atoms with Gasteiger partial charge in [-0.05, 0) is 31.3 Å². The van der Waals surface area contributed by atoms with Gasteiger partial charge in [0.25, 0.3) is 0 Å². The number of hydrogen-bond acceptors (Lipinski definition) is 4. The van der Waals surface area contributed by atoms with Crippen LogP contribution in [0, 0.1) is 23.3 Å². The molecule has 0 aromatic heterocycles. The standard InChI is InChI=1S/C20H21F4NO4/c21-13-10-14(22)19(24)20(18(13)23)29-17(28)11-25-16(27)9-8-15(26)12-6-4-2-1-3-5-7-12/h6,10H,1-5,7-9,11H2,(H,25,27)/b12-6+. The lowest BCUT2D eigenvalue weighted by Gasteiger charge is -2.11. The summed E-state index contributed by atoms with van der Waals surface area (Å²) in [7, 11) is 0. The highest BCUT2D eigenvalue weighted by Crippen LogP contribution is 2.26. The van der Waals surface area contributed by atoms with Gasteiger partial charge in [-0.3, -0.25) is 9.59 Å². The van der Waals surface area contributed by atoms with Crippen LogP contribution in [-0.4, -0.2) is 24.2 Å². The molecule has 0 radical (unpaired) electrons. The first kappa shape index (κ1) is 22.6. The zero-order valence-corrected chi connectivity index (χ0v) is 15.7. The van der Waals surface area contributed by atoms with Gasteiger partial charge in [-0.15, -0.1) is 0 Å². The monoisotopic (exact) mass is 415 g/mol. The molecule has 1 N–H and O–H groups in total. The van der Waals surface area contributed by atoms with Crippen molar-refractivity contribution in [1.29, 1.82) is 0 Å². The highest BCUT2D eigenvalue weighted by atomic mass is 19.2. The van der Waals surface area contributed by atoms with E-state index < -0.39 is 47.4 Å². The quantitative estimate of drug-likeness (QED) is 0.317. The second-order valence-electron chi connectivity index (χ2n) is 6.65. The Morgan fingerprint density at radius 1 is 0.931 bits per heavy atom.